The van der Waals surface area contributed by atoms with Gasteiger partial charge >= 0.3 is 0 Å². The zero-order valence-corrected chi connectivity index (χ0v) is 11.7. The van der Waals surface area contributed by atoms with Crippen LogP contribution in [-0.4, -0.2) is 32.0 Å². The molecule has 0 fully saturated rings. The van der Waals surface area contributed by atoms with Crippen LogP contribution in [-0.2, 0) is 4.79 Å². The van der Waals surface area contributed by atoms with E-state index in [9.17, 15) is 4.79 Å². The van der Waals surface area contributed by atoms with Gasteiger partial charge in [-0.1, -0.05) is 19.9 Å². The molecule has 1 amide bonds. The van der Waals surface area contributed by atoms with Crippen molar-refractivity contribution in [2.45, 2.75) is 25.8 Å². The molecule has 1 atom stereocenters. The van der Waals surface area contributed by atoms with E-state index >= 15 is 0 Å². The number of methoxy groups -OCH3 is 1. The number of likely N-dealkylation sites (N-methyl/N-ethyl adjacent to an activating group) is 1. The zero-order valence-electron chi connectivity index (χ0n) is 11.7. The summed E-state index contributed by atoms with van der Waals surface area (Å²) in [6.07, 6.45) is 0. The van der Waals surface area contributed by atoms with Gasteiger partial charge in [0.1, 0.15) is 11.8 Å². The number of hydrogen-bond donors (Lipinski definition) is 1. The molecule has 1 rings (SSSR count). The number of nitrogens with two attached hydrogens (primary N) is 1. The summed E-state index contributed by atoms with van der Waals surface area (Å²) >= 11 is 0. The molecule has 1 aromatic carbocycles. The lowest BCUT2D eigenvalue weighted by Gasteiger charge is -2.24. The Hall–Kier alpha value is -1.55. The molecule has 0 bridgehead atoms. The highest BCUT2D eigenvalue weighted by Gasteiger charge is 2.24. The lowest BCUT2D eigenvalue weighted by Crippen LogP contribution is -2.33. The molecule has 2 N–H and O–H groups in total. The van der Waals surface area contributed by atoms with Crippen LogP contribution in [0.3, 0.4) is 0 Å². The number of rotatable bonds is 5. The molecule has 1 unspecified atom stereocenters. The lowest BCUT2D eigenvalue weighted by molar-refractivity contribution is -0.122. The summed E-state index contributed by atoms with van der Waals surface area (Å²) < 4.78 is 5.33. The third-order valence-corrected chi connectivity index (χ3v) is 3.00. The molecule has 0 aromatic heterocycles. The fourth-order valence-corrected chi connectivity index (χ4v) is 2.01. The third-order valence-electron chi connectivity index (χ3n) is 3.00. The monoisotopic (exact) mass is 250 g/mol. The van der Waals surface area contributed by atoms with Gasteiger partial charge in [0.15, 0.2) is 0 Å². The van der Waals surface area contributed by atoms with Crippen molar-refractivity contribution < 1.29 is 9.53 Å². The maximum Gasteiger partial charge on any atom is 0.239 e. The van der Waals surface area contributed by atoms with E-state index in [-0.39, 0.29) is 5.91 Å². The summed E-state index contributed by atoms with van der Waals surface area (Å²) in [4.78, 5) is 13.4. The van der Waals surface area contributed by atoms with Crippen molar-refractivity contribution in [3.05, 3.63) is 29.3 Å². The van der Waals surface area contributed by atoms with Gasteiger partial charge in [0, 0.05) is 5.56 Å². The molecular weight excluding hydrogens is 228 g/mol. The van der Waals surface area contributed by atoms with Crippen LogP contribution in [0.25, 0.3) is 0 Å². The first-order valence-corrected chi connectivity index (χ1v) is 6.02. The standard InChI is InChI=1S/C14H22N2O2/c1-9(2)10-6-7-12(18-5)11(8-10)13(14(15)17)16(3)4/h6-9,13H,1-5H3,(H2,15,17). The first-order valence-electron chi connectivity index (χ1n) is 6.02. The molecule has 0 aliphatic carbocycles. The Morgan fingerprint density at radius 2 is 1.94 bits per heavy atom. The average molecular weight is 250 g/mol. The van der Waals surface area contributed by atoms with Gasteiger partial charge in [-0.25, -0.2) is 0 Å². The maximum absolute atomic E-state index is 11.6. The second-order valence-electron chi connectivity index (χ2n) is 4.92. The average Bonchev–Trinajstić information content (AvgIpc) is 2.27. The van der Waals surface area contributed by atoms with E-state index in [2.05, 4.69) is 13.8 Å². The van der Waals surface area contributed by atoms with E-state index in [1.807, 2.05) is 32.3 Å². The minimum absolute atomic E-state index is 0.376. The second-order valence-corrected chi connectivity index (χ2v) is 4.92. The predicted octanol–water partition coefficient (Wildman–Crippen LogP) is 1.91. The Bertz CT molecular complexity index is 428. The quantitative estimate of drug-likeness (QED) is 0.868. The number of amides is 1. The molecule has 0 spiro atoms. The van der Waals surface area contributed by atoms with Crippen molar-refractivity contribution in [1.29, 1.82) is 0 Å². The van der Waals surface area contributed by atoms with Crippen LogP contribution < -0.4 is 10.5 Å². The normalized spacial score (nSPS) is 12.8. The number of carbonyl (C=O) groups is 1. The summed E-state index contributed by atoms with van der Waals surface area (Å²) in [5.41, 5.74) is 7.47. The largest absolute Gasteiger partial charge is 0.496 e. The smallest absolute Gasteiger partial charge is 0.239 e. The van der Waals surface area contributed by atoms with Crippen molar-refractivity contribution in [3.63, 3.8) is 0 Å². The number of nitrogens with zero attached hydrogens (tertiary/aromatic N) is 1. The maximum atomic E-state index is 11.6. The van der Waals surface area contributed by atoms with Crippen LogP contribution >= 0.6 is 0 Å². The van der Waals surface area contributed by atoms with E-state index < -0.39 is 6.04 Å². The van der Waals surface area contributed by atoms with Crippen molar-refractivity contribution in [3.8, 4) is 5.75 Å². The highest BCUT2D eigenvalue weighted by atomic mass is 16.5. The number of carbonyl (C=O) groups excluding carboxylic acids is 1. The van der Waals surface area contributed by atoms with Gasteiger partial charge < -0.3 is 10.5 Å². The van der Waals surface area contributed by atoms with Crippen molar-refractivity contribution in [2.24, 2.45) is 5.73 Å². The summed E-state index contributed by atoms with van der Waals surface area (Å²) in [5.74, 6) is 0.710. The number of benzene rings is 1. The molecule has 4 heteroatoms. The van der Waals surface area contributed by atoms with E-state index in [0.717, 1.165) is 5.56 Å². The molecule has 0 aliphatic rings. The molecule has 18 heavy (non-hydrogen) atoms. The van der Waals surface area contributed by atoms with Crippen LogP contribution in [0.1, 0.15) is 36.9 Å². The zero-order chi connectivity index (χ0) is 13.9. The first-order chi connectivity index (χ1) is 8.38. The molecule has 0 saturated heterocycles. The van der Waals surface area contributed by atoms with Gasteiger partial charge in [-0.3, -0.25) is 9.69 Å². The molecule has 0 radical (unpaired) electrons. The summed E-state index contributed by atoms with van der Waals surface area (Å²) in [7, 11) is 5.26. The Balaban J connectivity index is 3.33. The first kappa shape index (κ1) is 14.5. The van der Waals surface area contributed by atoms with Gasteiger partial charge in [0.25, 0.3) is 0 Å². The summed E-state index contributed by atoms with van der Waals surface area (Å²) in [5, 5.41) is 0. The highest BCUT2D eigenvalue weighted by molar-refractivity contribution is 5.82. The Kier molecular flexibility index (Phi) is 4.73. The lowest BCUT2D eigenvalue weighted by atomic mass is 9.96. The summed E-state index contributed by atoms with van der Waals surface area (Å²) in [6, 6.07) is 5.43. The molecule has 0 aliphatic heterocycles. The van der Waals surface area contributed by atoms with Crippen molar-refractivity contribution in [1.82, 2.24) is 4.90 Å². The van der Waals surface area contributed by atoms with E-state index in [4.69, 9.17) is 10.5 Å². The van der Waals surface area contributed by atoms with E-state index in [1.165, 1.54) is 5.56 Å². The molecule has 0 saturated carbocycles. The fourth-order valence-electron chi connectivity index (χ4n) is 2.01. The second kappa shape index (κ2) is 5.87. The molecule has 1 aromatic rings. The molecular formula is C14H22N2O2. The molecule has 0 heterocycles. The van der Waals surface area contributed by atoms with Gasteiger partial charge in [0.2, 0.25) is 5.91 Å². The van der Waals surface area contributed by atoms with E-state index in [1.54, 1.807) is 12.0 Å². The molecule has 100 valence electrons. The predicted molar refractivity (Wildman–Crippen MR) is 72.7 cm³/mol. The van der Waals surface area contributed by atoms with Crippen LogP contribution in [0.4, 0.5) is 0 Å². The minimum Gasteiger partial charge on any atom is -0.496 e. The minimum atomic E-state index is -0.473. The molecule has 4 nitrogen and oxygen atoms in total. The van der Waals surface area contributed by atoms with Crippen molar-refractivity contribution in [2.75, 3.05) is 21.2 Å². The Morgan fingerprint density at radius 1 is 1.33 bits per heavy atom. The highest BCUT2D eigenvalue weighted by Crippen LogP contribution is 2.31. The van der Waals surface area contributed by atoms with Crippen LogP contribution in [0, 0.1) is 0 Å². The topological polar surface area (TPSA) is 55.6 Å². The Morgan fingerprint density at radius 3 is 2.33 bits per heavy atom. The summed E-state index contributed by atoms with van der Waals surface area (Å²) in [6.45, 7) is 4.22. The number of hydrogen-bond acceptors (Lipinski definition) is 3. The van der Waals surface area contributed by atoms with Gasteiger partial charge in [-0.05, 0) is 37.7 Å². The third kappa shape index (κ3) is 3.01. The van der Waals surface area contributed by atoms with Gasteiger partial charge in [-0.2, -0.15) is 0 Å². The van der Waals surface area contributed by atoms with Crippen molar-refractivity contribution >= 4 is 5.91 Å². The fraction of sp³-hybridized carbons (Fsp3) is 0.500. The number of ether oxygens (including phenoxy) is 1. The number of primary amides is 1. The van der Waals surface area contributed by atoms with Gasteiger partial charge in [-0.15, -0.1) is 0 Å². The SMILES string of the molecule is COc1ccc(C(C)C)cc1C(C(N)=O)N(C)C. The van der Waals surface area contributed by atoms with Gasteiger partial charge in [0.05, 0.1) is 7.11 Å². The van der Waals surface area contributed by atoms with Crippen LogP contribution in [0.15, 0.2) is 18.2 Å². The Labute approximate surface area is 109 Å². The van der Waals surface area contributed by atoms with Crippen LogP contribution in [0.2, 0.25) is 0 Å². The van der Waals surface area contributed by atoms with Crippen LogP contribution in [0.5, 0.6) is 5.75 Å². The van der Waals surface area contributed by atoms with E-state index in [0.29, 0.717) is 11.7 Å².